The van der Waals surface area contributed by atoms with Crippen molar-refractivity contribution in [1.82, 2.24) is 10.4 Å². The number of aromatic nitrogens is 1. The fourth-order valence-corrected chi connectivity index (χ4v) is 2.56. The second kappa shape index (κ2) is 6.73. The summed E-state index contributed by atoms with van der Waals surface area (Å²) in [5, 5.41) is 5.55. The van der Waals surface area contributed by atoms with Crippen molar-refractivity contribution in [1.29, 1.82) is 0 Å². The van der Waals surface area contributed by atoms with Crippen molar-refractivity contribution in [2.24, 2.45) is 10.8 Å². The van der Waals surface area contributed by atoms with E-state index >= 15 is 0 Å². The zero-order valence-electron chi connectivity index (χ0n) is 12.0. The molecule has 0 fully saturated rings. The Morgan fingerprint density at radius 1 is 1.17 bits per heavy atom. The maximum atomic E-state index is 6.37. The van der Waals surface area contributed by atoms with E-state index in [2.05, 4.69) is 15.5 Å². The first-order valence-electron chi connectivity index (χ1n) is 6.88. The molecule has 0 aliphatic rings. The SMILES string of the molecule is NC(=S)NN=Cc1cc(Cl)c2nc(-c3ccccc3)ccc2c1. The van der Waals surface area contributed by atoms with Crippen molar-refractivity contribution in [3.63, 3.8) is 0 Å². The average Bonchev–Trinajstić information content (AvgIpc) is 2.55. The van der Waals surface area contributed by atoms with Crippen LogP contribution in [-0.4, -0.2) is 16.3 Å². The lowest BCUT2D eigenvalue weighted by atomic mass is 10.1. The highest BCUT2D eigenvalue weighted by molar-refractivity contribution is 7.80. The predicted molar refractivity (Wildman–Crippen MR) is 99.7 cm³/mol. The Balaban J connectivity index is 2.00. The second-order valence-corrected chi connectivity index (χ2v) is 5.72. The number of thiocarbonyl (C=S) groups is 1. The average molecular weight is 341 g/mol. The van der Waals surface area contributed by atoms with Gasteiger partial charge in [0.2, 0.25) is 0 Å². The number of fused-ring (bicyclic) bond motifs is 1. The molecule has 0 aliphatic carbocycles. The molecule has 0 radical (unpaired) electrons. The summed E-state index contributed by atoms with van der Waals surface area (Å²) >= 11 is 11.1. The Morgan fingerprint density at radius 2 is 1.96 bits per heavy atom. The largest absolute Gasteiger partial charge is 0.375 e. The first-order valence-corrected chi connectivity index (χ1v) is 7.66. The van der Waals surface area contributed by atoms with Crippen LogP contribution in [0.2, 0.25) is 5.02 Å². The molecule has 4 nitrogen and oxygen atoms in total. The number of halogens is 1. The van der Waals surface area contributed by atoms with Crippen LogP contribution in [0.1, 0.15) is 5.56 Å². The third-order valence-corrected chi connectivity index (χ3v) is 3.61. The van der Waals surface area contributed by atoms with Crippen LogP contribution in [0.25, 0.3) is 22.2 Å². The Bertz CT molecular complexity index is 894. The summed E-state index contributed by atoms with van der Waals surface area (Å²) in [5.41, 5.74) is 11.4. The van der Waals surface area contributed by atoms with E-state index in [0.29, 0.717) is 5.02 Å². The van der Waals surface area contributed by atoms with E-state index in [1.807, 2.05) is 48.5 Å². The van der Waals surface area contributed by atoms with Gasteiger partial charge in [-0.25, -0.2) is 4.98 Å². The Kier molecular flexibility index (Phi) is 4.50. The van der Waals surface area contributed by atoms with Crippen molar-refractivity contribution in [3.05, 3.63) is 65.2 Å². The molecule has 0 bridgehead atoms. The van der Waals surface area contributed by atoms with Crippen LogP contribution in [-0.2, 0) is 0 Å². The summed E-state index contributed by atoms with van der Waals surface area (Å²) in [7, 11) is 0. The molecule has 0 unspecified atom stereocenters. The molecule has 3 aromatic rings. The third kappa shape index (κ3) is 3.64. The standard InChI is InChI=1S/C17H13ClN4S/c18-14-9-11(10-20-22-17(19)23)8-13-6-7-15(21-16(13)14)12-4-2-1-3-5-12/h1-10H,(H3,19,22,23). The number of benzene rings is 2. The number of nitrogens with two attached hydrogens (primary N) is 1. The molecule has 114 valence electrons. The van der Waals surface area contributed by atoms with E-state index in [9.17, 15) is 0 Å². The van der Waals surface area contributed by atoms with Gasteiger partial charge in [-0.05, 0) is 36.0 Å². The monoisotopic (exact) mass is 340 g/mol. The summed E-state index contributed by atoms with van der Waals surface area (Å²) in [6.45, 7) is 0. The van der Waals surface area contributed by atoms with Crippen molar-refractivity contribution < 1.29 is 0 Å². The molecular formula is C17H13ClN4S. The molecule has 6 heteroatoms. The second-order valence-electron chi connectivity index (χ2n) is 4.87. The molecule has 0 saturated heterocycles. The normalized spacial score (nSPS) is 11.0. The molecule has 3 N–H and O–H groups in total. The smallest absolute Gasteiger partial charge is 0.184 e. The maximum Gasteiger partial charge on any atom is 0.184 e. The Labute approximate surface area is 144 Å². The molecule has 0 amide bonds. The Hall–Kier alpha value is -2.50. The highest BCUT2D eigenvalue weighted by atomic mass is 35.5. The van der Waals surface area contributed by atoms with Crippen LogP contribution in [0.5, 0.6) is 0 Å². The fraction of sp³-hybridized carbons (Fsp3) is 0. The van der Waals surface area contributed by atoms with Gasteiger partial charge < -0.3 is 5.73 Å². The van der Waals surface area contributed by atoms with Gasteiger partial charge in [0.05, 0.1) is 22.4 Å². The number of hydrogen-bond donors (Lipinski definition) is 2. The minimum Gasteiger partial charge on any atom is -0.375 e. The summed E-state index contributed by atoms with van der Waals surface area (Å²) in [5.74, 6) is 0. The fourth-order valence-electron chi connectivity index (χ4n) is 2.23. The van der Waals surface area contributed by atoms with Crippen LogP contribution < -0.4 is 11.2 Å². The first-order chi connectivity index (χ1) is 11.1. The van der Waals surface area contributed by atoms with E-state index < -0.39 is 0 Å². The molecule has 0 atom stereocenters. The van der Waals surface area contributed by atoms with Gasteiger partial charge in [0, 0.05) is 10.9 Å². The lowest BCUT2D eigenvalue weighted by Crippen LogP contribution is -2.23. The Morgan fingerprint density at radius 3 is 2.70 bits per heavy atom. The van der Waals surface area contributed by atoms with Gasteiger partial charge in [0.15, 0.2) is 5.11 Å². The summed E-state index contributed by atoms with van der Waals surface area (Å²) in [4.78, 5) is 4.66. The minimum absolute atomic E-state index is 0.113. The van der Waals surface area contributed by atoms with Crippen LogP contribution in [0.4, 0.5) is 0 Å². The molecule has 1 heterocycles. The zero-order chi connectivity index (χ0) is 16.2. The number of pyridine rings is 1. The van der Waals surface area contributed by atoms with Crippen molar-refractivity contribution in [2.75, 3.05) is 0 Å². The summed E-state index contributed by atoms with van der Waals surface area (Å²) in [6.07, 6.45) is 1.61. The molecule has 2 aromatic carbocycles. The van der Waals surface area contributed by atoms with Gasteiger partial charge >= 0.3 is 0 Å². The first kappa shape index (κ1) is 15.4. The van der Waals surface area contributed by atoms with Crippen molar-refractivity contribution in [3.8, 4) is 11.3 Å². The lowest BCUT2D eigenvalue weighted by molar-refractivity contribution is 1.04. The lowest BCUT2D eigenvalue weighted by Gasteiger charge is -2.06. The van der Waals surface area contributed by atoms with Crippen LogP contribution in [0.3, 0.4) is 0 Å². The van der Waals surface area contributed by atoms with Crippen LogP contribution >= 0.6 is 23.8 Å². The number of nitrogens with zero attached hydrogens (tertiary/aromatic N) is 2. The number of rotatable bonds is 3. The number of hydrogen-bond acceptors (Lipinski definition) is 3. The van der Waals surface area contributed by atoms with Gasteiger partial charge in [-0.15, -0.1) is 0 Å². The van der Waals surface area contributed by atoms with Gasteiger partial charge in [-0.1, -0.05) is 48.0 Å². The van der Waals surface area contributed by atoms with Gasteiger partial charge in [-0.3, -0.25) is 5.43 Å². The van der Waals surface area contributed by atoms with E-state index in [4.69, 9.17) is 29.6 Å². The molecule has 1 aromatic heterocycles. The van der Waals surface area contributed by atoms with Crippen LogP contribution in [0.15, 0.2) is 59.7 Å². The predicted octanol–water partition coefficient (Wildman–Crippen LogP) is 3.72. The van der Waals surface area contributed by atoms with Gasteiger partial charge in [0.25, 0.3) is 0 Å². The molecule has 23 heavy (non-hydrogen) atoms. The number of hydrazone groups is 1. The van der Waals surface area contributed by atoms with E-state index in [-0.39, 0.29) is 5.11 Å². The molecular weight excluding hydrogens is 328 g/mol. The summed E-state index contributed by atoms with van der Waals surface area (Å²) < 4.78 is 0. The van der Waals surface area contributed by atoms with Crippen LogP contribution in [0, 0.1) is 0 Å². The highest BCUT2D eigenvalue weighted by Crippen LogP contribution is 2.26. The molecule has 3 rings (SSSR count). The third-order valence-electron chi connectivity index (χ3n) is 3.23. The maximum absolute atomic E-state index is 6.37. The molecule has 0 spiro atoms. The van der Waals surface area contributed by atoms with E-state index in [1.54, 1.807) is 12.3 Å². The van der Waals surface area contributed by atoms with Crippen molar-refractivity contribution >= 4 is 46.0 Å². The minimum atomic E-state index is 0.113. The van der Waals surface area contributed by atoms with E-state index in [1.165, 1.54) is 0 Å². The molecule has 0 saturated carbocycles. The number of nitrogens with one attached hydrogen (secondary N) is 1. The van der Waals surface area contributed by atoms with Crippen molar-refractivity contribution in [2.45, 2.75) is 0 Å². The van der Waals surface area contributed by atoms with Gasteiger partial charge in [0.1, 0.15) is 0 Å². The van der Waals surface area contributed by atoms with Gasteiger partial charge in [-0.2, -0.15) is 5.10 Å². The van der Waals surface area contributed by atoms with E-state index in [0.717, 1.165) is 27.7 Å². The quantitative estimate of drug-likeness (QED) is 0.433. The topological polar surface area (TPSA) is 63.3 Å². The molecule has 0 aliphatic heterocycles. The zero-order valence-corrected chi connectivity index (χ0v) is 13.6. The highest BCUT2D eigenvalue weighted by Gasteiger charge is 2.06. The summed E-state index contributed by atoms with van der Waals surface area (Å²) in [6, 6.07) is 17.7.